The van der Waals surface area contributed by atoms with E-state index in [0.29, 0.717) is 30.9 Å². The van der Waals surface area contributed by atoms with Gasteiger partial charge >= 0.3 is 0 Å². The van der Waals surface area contributed by atoms with Crippen molar-refractivity contribution in [1.82, 2.24) is 5.32 Å². The minimum absolute atomic E-state index is 0. The molecule has 0 radical (unpaired) electrons. The van der Waals surface area contributed by atoms with Crippen LogP contribution in [0.5, 0.6) is 0 Å². The van der Waals surface area contributed by atoms with E-state index >= 15 is 0 Å². The second-order valence-corrected chi connectivity index (χ2v) is 5.58. The fraction of sp³-hybridized carbons (Fsp3) is 0.316. The van der Waals surface area contributed by atoms with Crippen molar-refractivity contribution >= 4 is 18.3 Å². The van der Waals surface area contributed by atoms with Crippen LogP contribution < -0.4 is 11.1 Å². The molecule has 0 saturated heterocycles. The number of hydrogen-bond donors (Lipinski definition) is 2. The lowest BCUT2D eigenvalue weighted by molar-refractivity contribution is 0.0604. The number of carbonyl (C=O) groups is 1. The molecule has 0 bridgehead atoms. The van der Waals surface area contributed by atoms with Gasteiger partial charge in [0.2, 0.25) is 0 Å². The first-order valence-electron chi connectivity index (χ1n) is 8.05. The van der Waals surface area contributed by atoms with E-state index in [-0.39, 0.29) is 31.0 Å². The van der Waals surface area contributed by atoms with Crippen LogP contribution >= 0.6 is 12.4 Å². The topological polar surface area (TPSA) is 73.6 Å². The summed E-state index contributed by atoms with van der Waals surface area (Å²) in [5.74, 6) is -0.709. The summed E-state index contributed by atoms with van der Waals surface area (Å²) in [5, 5.41) is 2.77. The van der Waals surface area contributed by atoms with Gasteiger partial charge in [0, 0.05) is 30.8 Å². The molecule has 0 aliphatic carbocycles. The lowest BCUT2D eigenvalue weighted by Crippen LogP contribution is -2.32. The van der Waals surface area contributed by atoms with Crippen LogP contribution in [0.4, 0.5) is 4.39 Å². The maximum Gasteiger partial charge on any atom is 0.251 e. The zero-order valence-electron chi connectivity index (χ0n) is 14.6. The first-order chi connectivity index (χ1) is 12.1. The maximum atomic E-state index is 13.8. The lowest BCUT2D eigenvalue weighted by atomic mass is 10.1. The second kappa shape index (κ2) is 11.6. The lowest BCUT2D eigenvalue weighted by Gasteiger charge is -2.14. The van der Waals surface area contributed by atoms with E-state index < -0.39 is 5.82 Å². The molecule has 0 saturated carbocycles. The molecule has 0 aromatic heterocycles. The Kier molecular flexibility index (Phi) is 9.83. The van der Waals surface area contributed by atoms with Gasteiger partial charge < -0.3 is 20.5 Å². The quantitative estimate of drug-likeness (QED) is 0.654. The molecule has 5 nitrogen and oxygen atoms in total. The number of methoxy groups -OCH3 is 1. The van der Waals surface area contributed by atoms with Crippen LogP contribution in [0.25, 0.3) is 0 Å². The minimum Gasteiger partial charge on any atom is -0.382 e. The average molecular weight is 383 g/mol. The van der Waals surface area contributed by atoms with Crippen LogP contribution in [-0.2, 0) is 16.1 Å². The molecule has 2 rings (SSSR count). The Morgan fingerprint density at radius 3 is 2.62 bits per heavy atom. The fourth-order valence-electron chi connectivity index (χ4n) is 2.27. The Bertz CT molecular complexity index is 686. The van der Waals surface area contributed by atoms with Gasteiger partial charge in [0.1, 0.15) is 5.82 Å². The molecule has 2 aromatic rings. The molecule has 142 valence electrons. The van der Waals surface area contributed by atoms with Crippen LogP contribution in [0.15, 0.2) is 48.5 Å². The molecule has 0 heterocycles. The van der Waals surface area contributed by atoms with Gasteiger partial charge in [-0.15, -0.1) is 12.4 Å². The highest BCUT2D eigenvalue weighted by Crippen LogP contribution is 2.13. The highest BCUT2D eigenvalue weighted by molar-refractivity contribution is 5.94. The van der Waals surface area contributed by atoms with Crippen LogP contribution in [0, 0.1) is 5.82 Å². The van der Waals surface area contributed by atoms with Gasteiger partial charge in [0.05, 0.1) is 19.8 Å². The number of benzene rings is 2. The number of halogens is 2. The summed E-state index contributed by atoms with van der Waals surface area (Å²) in [6, 6.07) is 13.4. The summed E-state index contributed by atoms with van der Waals surface area (Å²) in [6.45, 7) is 1.16. The van der Waals surface area contributed by atoms with Crippen molar-refractivity contribution in [3.63, 3.8) is 0 Å². The highest BCUT2D eigenvalue weighted by Gasteiger charge is 2.12. The number of nitrogens with one attached hydrogen (secondary N) is 1. The molecule has 0 spiro atoms. The predicted molar refractivity (Wildman–Crippen MR) is 101 cm³/mol. The number of rotatable bonds is 9. The third-order valence-corrected chi connectivity index (χ3v) is 3.71. The van der Waals surface area contributed by atoms with E-state index in [1.807, 2.05) is 30.3 Å². The Hall–Kier alpha value is -1.99. The summed E-state index contributed by atoms with van der Waals surface area (Å²) in [7, 11) is 1.56. The molecule has 3 N–H and O–H groups in total. The SMILES string of the molecule is COCCOCc1cc(C(=O)NCC(N)c2ccccc2)ccc1F.Cl. The standard InChI is InChI=1S/C19H23FN2O3.ClH/c1-24-9-10-25-13-16-11-15(7-8-17(16)20)19(23)22-12-18(21)14-5-3-2-4-6-14;/h2-8,11,18H,9-10,12-13,21H2,1H3,(H,22,23);1H. The van der Waals surface area contributed by atoms with E-state index in [2.05, 4.69) is 5.32 Å². The van der Waals surface area contributed by atoms with Crippen molar-refractivity contribution in [2.24, 2.45) is 5.73 Å². The van der Waals surface area contributed by atoms with Gasteiger partial charge in [0.25, 0.3) is 5.91 Å². The number of amides is 1. The van der Waals surface area contributed by atoms with Crippen molar-refractivity contribution in [3.05, 3.63) is 71.0 Å². The van der Waals surface area contributed by atoms with E-state index in [1.54, 1.807) is 7.11 Å². The van der Waals surface area contributed by atoms with Crippen LogP contribution in [0.3, 0.4) is 0 Å². The van der Waals surface area contributed by atoms with E-state index in [4.69, 9.17) is 15.2 Å². The summed E-state index contributed by atoms with van der Waals surface area (Å²) < 4.78 is 24.0. The molecule has 0 fully saturated rings. The zero-order chi connectivity index (χ0) is 18.1. The van der Waals surface area contributed by atoms with Gasteiger partial charge in [-0.1, -0.05) is 30.3 Å². The number of hydrogen-bond acceptors (Lipinski definition) is 4. The van der Waals surface area contributed by atoms with Crippen molar-refractivity contribution in [2.45, 2.75) is 12.6 Å². The first kappa shape index (κ1) is 22.1. The van der Waals surface area contributed by atoms with Gasteiger partial charge in [-0.25, -0.2) is 4.39 Å². The molecule has 0 aliphatic rings. The average Bonchev–Trinajstić information content (AvgIpc) is 2.65. The largest absolute Gasteiger partial charge is 0.382 e. The third kappa shape index (κ3) is 6.72. The predicted octanol–water partition coefficient (Wildman–Crippen LogP) is 2.84. The number of carbonyl (C=O) groups excluding carboxylic acids is 1. The Balaban J connectivity index is 0.00000338. The smallest absolute Gasteiger partial charge is 0.251 e. The molecule has 0 aliphatic heterocycles. The summed E-state index contributed by atoms with van der Waals surface area (Å²) in [4.78, 5) is 12.3. The number of nitrogens with two attached hydrogens (primary N) is 1. The minimum atomic E-state index is -0.407. The Morgan fingerprint density at radius 1 is 1.19 bits per heavy atom. The highest BCUT2D eigenvalue weighted by atomic mass is 35.5. The molecular weight excluding hydrogens is 359 g/mol. The normalized spacial score (nSPS) is 11.5. The first-order valence-corrected chi connectivity index (χ1v) is 8.05. The summed E-state index contributed by atoms with van der Waals surface area (Å²) in [5.41, 5.74) is 7.70. The molecule has 26 heavy (non-hydrogen) atoms. The maximum absolute atomic E-state index is 13.8. The molecule has 7 heteroatoms. The summed E-state index contributed by atoms with van der Waals surface area (Å²) >= 11 is 0. The van der Waals surface area contributed by atoms with Crippen molar-refractivity contribution in [3.8, 4) is 0 Å². The van der Waals surface area contributed by atoms with Gasteiger partial charge in [0.15, 0.2) is 0 Å². The van der Waals surface area contributed by atoms with Gasteiger partial charge in [-0.3, -0.25) is 4.79 Å². The van der Waals surface area contributed by atoms with E-state index in [9.17, 15) is 9.18 Å². The summed E-state index contributed by atoms with van der Waals surface area (Å²) in [6.07, 6.45) is 0. The van der Waals surface area contributed by atoms with Crippen LogP contribution in [0.2, 0.25) is 0 Å². The fourth-order valence-corrected chi connectivity index (χ4v) is 2.27. The van der Waals surface area contributed by atoms with Gasteiger partial charge in [-0.05, 0) is 23.8 Å². The second-order valence-electron chi connectivity index (χ2n) is 5.58. The van der Waals surface area contributed by atoms with E-state index in [1.165, 1.54) is 18.2 Å². The zero-order valence-corrected chi connectivity index (χ0v) is 15.4. The molecular formula is C19H24ClFN2O3. The molecule has 1 amide bonds. The van der Waals surface area contributed by atoms with E-state index in [0.717, 1.165) is 5.56 Å². The monoisotopic (exact) mass is 382 g/mol. The van der Waals surface area contributed by atoms with Crippen molar-refractivity contribution < 1.29 is 18.7 Å². The van der Waals surface area contributed by atoms with Crippen LogP contribution in [0.1, 0.15) is 27.5 Å². The Morgan fingerprint density at radius 2 is 1.92 bits per heavy atom. The Labute approximate surface area is 159 Å². The van der Waals surface area contributed by atoms with Crippen LogP contribution in [-0.4, -0.2) is 32.8 Å². The van der Waals surface area contributed by atoms with Crippen molar-refractivity contribution in [1.29, 1.82) is 0 Å². The van der Waals surface area contributed by atoms with Crippen molar-refractivity contribution in [2.75, 3.05) is 26.9 Å². The number of ether oxygens (including phenoxy) is 2. The third-order valence-electron chi connectivity index (χ3n) is 3.71. The molecule has 1 atom stereocenters. The van der Waals surface area contributed by atoms with Gasteiger partial charge in [-0.2, -0.15) is 0 Å². The molecule has 1 unspecified atom stereocenters. The molecule has 2 aromatic carbocycles.